The minimum Gasteiger partial charge on any atom is -0.341 e. The van der Waals surface area contributed by atoms with Crippen molar-refractivity contribution >= 4 is 5.91 Å². The molecule has 0 spiro atoms. The van der Waals surface area contributed by atoms with Crippen molar-refractivity contribution in [2.75, 3.05) is 13.1 Å². The first-order valence-corrected chi connectivity index (χ1v) is 7.31. The lowest BCUT2D eigenvalue weighted by molar-refractivity contribution is -0.135. The average molecular weight is 254 g/mol. The molecule has 1 heterocycles. The molecule has 1 aliphatic heterocycles. The fourth-order valence-electron chi connectivity index (χ4n) is 2.67. The number of piperidine rings is 1. The van der Waals surface area contributed by atoms with Crippen molar-refractivity contribution in [3.63, 3.8) is 0 Å². The van der Waals surface area contributed by atoms with Gasteiger partial charge in [-0.1, -0.05) is 41.0 Å². The summed E-state index contributed by atoms with van der Waals surface area (Å²) in [5, 5.41) is 0. The first-order chi connectivity index (χ1) is 8.27. The van der Waals surface area contributed by atoms with Crippen LogP contribution in [0.15, 0.2) is 0 Å². The lowest BCUT2D eigenvalue weighted by Crippen LogP contribution is -2.50. The molecule has 106 valence electrons. The summed E-state index contributed by atoms with van der Waals surface area (Å²) in [6, 6.07) is -0.318. The summed E-state index contributed by atoms with van der Waals surface area (Å²) in [5.41, 5.74) is 6.39. The molecule has 1 amide bonds. The van der Waals surface area contributed by atoms with Gasteiger partial charge in [-0.25, -0.2) is 0 Å². The van der Waals surface area contributed by atoms with Crippen molar-refractivity contribution < 1.29 is 4.79 Å². The summed E-state index contributed by atoms with van der Waals surface area (Å²) in [6.45, 7) is 12.8. The molecule has 2 atom stereocenters. The zero-order valence-corrected chi connectivity index (χ0v) is 12.7. The van der Waals surface area contributed by atoms with Gasteiger partial charge < -0.3 is 10.6 Å². The van der Waals surface area contributed by atoms with Crippen LogP contribution in [0.1, 0.15) is 53.9 Å². The molecule has 18 heavy (non-hydrogen) atoms. The standard InChI is InChI=1S/C15H30N2O/c1-6-11(2)13(16)14(18)17-9-7-12(8-10-17)15(3,4)5/h11-13H,6-10,16H2,1-5H3/t11?,13-/m0/s1. The molecule has 1 rings (SSSR count). The van der Waals surface area contributed by atoms with E-state index < -0.39 is 0 Å². The van der Waals surface area contributed by atoms with Gasteiger partial charge in [-0.15, -0.1) is 0 Å². The monoisotopic (exact) mass is 254 g/mol. The molecule has 0 aliphatic carbocycles. The molecular formula is C15H30N2O. The Hall–Kier alpha value is -0.570. The van der Waals surface area contributed by atoms with E-state index in [1.807, 2.05) is 4.90 Å². The number of nitrogens with zero attached hydrogens (tertiary/aromatic N) is 1. The molecular weight excluding hydrogens is 224 g/mol. The van der Waals surface area contributed by atoms with Crippen molar-refractivity contribution in [1.29, 1.82) is 0 Å². The maximum atomic E-state index is 12.3. The summed E-state index contributed by atoms with van der Waals surface area (Å²) in [4.78, 5) is 14.2. The fourth-order valence-corrected chi connectivity index (χ4v) is 2.67. The number of hydrogen-bond donors (Lipinski definition) is 1. The number of carbonyl (C=O) groups excluding carboxylic acids is 1. The molecule has 1 saturated heterocycles. The quantitative estimate of drug-likeness (QED) is 0.841. The van der Waals surface area contributed by atoms with Crippen LogP contribution in [0.25, 0.3) is 0 Å². The fraction of sp³-hybridized carbons (Fsp3) is 0.933. The van der Waals surface area contributed by atoms with Crippen LogP contribution >= 0.6 is 0 Å². The van der Waals surface area contributed by atoms with Gasteiger partial charge in [-0.3, -0.25) is 4.79 Å². The predicted octanol–water partition coefficient (Wildman–Crippen LogP) is 2.64. The average Bonchev–Trinajstić information content (AvgIpc) is 2.35. The van der Waals surface area contributed by atoms with E-state index >= 15 is 0 Å². The van der Waals surface area contributed by atoms with Gasteiger partial charge in [0.25, 0.3) is 0 Å². The maximum absolute atomic E-state index is 12.3. The molecule has 1 aliphatic rings. The van der Waals surface area contributed by atoms with Crippen LogP contribution < -0.4 is 5.73 Å². The van der Waals surface area contributed by atoms with Crippen molar-refractivity contribution in [3.05, 3.63) is 0 Å². The van der Waals surface area contributed by atoms with Crippen LogP contribution in [0, 0.1) is 17.3 Å². The molecule has 1 fully saturated rings. The van der Waals surface area contributed by atoms with Crippen LogP contribution in [0.2, 0.25) is 0 Å². The lowest BCUT2D eigenvalue weighted by Gasteiger charge is -2.40. The molecule has 0 bridgehead atoms. The first kappa shape index (κ1) is 15.5. The third kappa shape index (κ3) is 3.71. The molecule has 0 aromatic heterocycles. The number of amides is 1. The highest BCUT2D eigenvalue weighted by molar-refractivity contribution is 5.82. The summed E-state index contributed by atoms with van der Waals surface area (Å²) < 4.78 is 0. The lowest BCUT2D eigenvalue weighted by atomic mass is 9.75. The number of likely N-dealkylation sites (tertiary alicyclic amines) is 1. The van der Waals surface area contributed by atoms with E-state index in [1.54, 1.807) is 0 Å². The van der Waals surface area contributed by atoms with Crippen LogP contribution in [0.5, 0.6) is 0 Å². The molecule has 1 unspecified atom stereocenters. The zero-order valence-electron chi connectivity index (χ0n) is 12.7. The van der Waals surface area contributed by atoms with E-state index in [0.717, 1.165) is 38.3 Å². The molecule has 3 nitrogen and oxygen atoms in total. The van der Waals surface area contributed by atoms with E-state index in [1.165, 1.54) is 0 Å². The van der Waals surface area contributed by atoms with Gasteiger partial charge in [0.05, 0.1) is 6.04 Å². The van der Waals surface area contributed by atoms with Crippen LogP contribution in [0.4, 0.5) is 0 Å². The zero-order chi connectivity index (χ0) is 13.9. The van der Waals surface area contributed by atoms with E-state index in [0.29, 0.717) is 5.41 Å². The second-order valence-electron chi connectivity index (χ2n) is 6.88. The normalized spacial score (nSPS) is 21.8. The van der Waals surface area contributed by atoms with Gasteiger partial charge in [-0.05, 0) is 30.1 Å². The van der Waals surface area contributed by atoms with Crippen LogP contribution in [0.3, 0.4) is 0 Å². The smallest absolute Gasteiger partial charge is 0.239 e. The highest BCUT2D eigenvalue weighted by Gasteiger charge is 2.32. The third-order valence-corrected chi connectivity index (χ3v) is 4.57. The Balaban J connectivity index is 2.50. The highest BCUT2D eigenvalue weighted by Crippen LogP contribution is 2.34. The maximum Gasteiger partial charge on any atom is 0.239 e. The summed E-state index contributed by atoms with van der Waals surface area (Å²) in [6.07, 6.45) is 3.19. The Bertz CT molecular complexity index is 275. The summed E-state index contributed by atoms with van der Waals surface area (Å²) in [5.74, 6) is 1.15. The Kier molecular flexibility index (Phi) is 5.20. The minimum absolute atomic E-state index is 0.150. The Morgan fingerprint density at radius 2 is 1.83 bits per heavy atom. The second-order valence-corrected chi connectivity index (χ2v) is 6.88. The van der Waals surface area contributed by atoms with Crippen molar-refractivity contribution in [2.24, 2.45) is 23.0 Å². The second kappa shape index (κ2) is 6.05. The van der Waals surface area contributed by atoms with Gasteiger partial charge in [0, 0.05) is 13.1 Å². The Labute approximate surface area is 112 Å². The van der Waals surface area contributed by atoms with Crippen LogP contribution in [-0.2, 0) is 4.79 Å². The van der Waals surface area contributed by atoms with E-state index in [2.05, 4.69) is 34.6 Å². The van der Waals surface area contributed by atoms with Gasteiger partial charge in [0.1, 0.15) is 0 Å². The van der Waals surface area contributed by atoms with Gasteiger partial charge in [0.15, 0.2) is 0 Å². The molecule has 3 heteroatoms. The number of nitrogens with two attached hydrogens (primary N) is 1. The Morgan fingerprint density at radius 1 is 1.33 bits per heavy atom. The Morgan fingerprint density at radius 3 is 2.22 bits per heavy atom. The van der Waals surface area contributed by atoms with E-state index in [9.17, 15) is 4.79 Å². The first-order valence-electron chi connectivity index (χ1n) is 7.31. The van der Waals surface area contributed by atoms with Gasteiger partial charge in [0.2, 0.25) is 5.91 Å². The number of rotatable bonds is 3. The number of carbonyl (C=O) groups is 1. The minimum atomic E-state index is -0.318. The van der Waals surface area contributed by atoms with Crippen LogP contribution in [-0.4, -0.2) is 29.9 Å². The van der Waals surface area contributed by atoms with E-state index in [4.69, 9.17) is 5.73 Å². The largest absolute Gasteiger partial charge is 0.341 e. The third-order valence-electron chi connectivity index (χ3n) is 4.57. The summed E-state index contributed by atoms with van der Waals surface area (Å²) >= 11 is 0. The van der Waals surface area contributed by atoms with E-state index in [-0.39, 0.29) is 17.9 Å². The molecule has 0 saturated carbocycles. The van der Waals surface area contributed by atoms with Gasteiger partial charge >= 0.3 is 0 Å². The number of hydrogen-bond acceptors (Lipinski definition) is 2. The van der Waals surface area contributed by atoms with Gasteiger partial charge in [-0.2, -0.15) is 0 Å². The highest BCUT2D eigenvalue weighted by atomic mass is 16.2. The SMILES string of the molecule is CCC(C)[C@H](N)C(=O)N1CCC(C(C)(C)C)CC1. The van der Waals surface area contributed by atoms with Crippen molar-refractivity contribution in [2.45, 2.75) is 59.9 Å². The molecule has 0 aromatic carbocycles. The van der Waals surface area contributed by atoms with Crippen molar-refractivity contribution in [1.82, 2.24) is 4.90 Å². The summed E-state index contributed by atoms with van der Waals surface area (Å²) in [7, 11) is 0. The topological polar surface area (TPSA) is 46.3 Å². The van der Waals surface area contributed by atoms with Crippen molar-refractivity contribution in [3.8, 4) is 0 Å². The predicted molar refractivity (Wildman–Crippen MR) is 76.2 cm³/mol. The molecule has 0 radical (unpaired) electrons. The molecule has 0 aromatic rings. The molecule has 2 N–H and O–H groups in total.